The van der Waals surface area contributed by atoms with Gasteiger partial charge in [0.1, 0.15) is 0 Å². The molecule has 0 radical (unpaired) electrons. The molecule has 4 rings (SSSR count). The molecule has 0 atom stereocenters. The lowest BCUT2D eigenvalue weighted by molar-refractivity contribution is -0.123. The molecular formula is C23H18ClIN2O2S. The number of nitrogens with zero attached hydrogens (tertiary/aromatic N) is 2. The minimum absolute atomic E-state index is 0.237. The molecule has 152 valence electrons. The smallest absolute Gasteiger partial charge is 0.293 e. The number of amides is 2. The van der Waals surface area contributed by atoms with Crippen LogP contribution in [0.15, 0.2) is 59.5 Å². The molecule has 2 aromatic carbocycles. The Morgan fingerprint density at radius 2 is 1.70 bits per heavy atom. The van der Waals surface area contributed by atoms with E-state index < -0.39 is 0 Å². The van der Waals surface area contributed by atoms with Gasteiger partial charge in [-0.1, -0.05) is 23.7 Å². The number of carbonyl (C=O) groups is 2. The van der Waals surface area contributed by atoms with Crippen molar-refractivity contribution in [3.05, 3.63) is 90.6 Å². The Labute approximate surface area is 198 Å². The highest BCUT2D eigenvalue weighted by molar-refractivity contribution is 14.1. The molecule has 4 nitrogen and oxygen atoms in total. The summed E-state index contributed by atoms with van der Waals surface area (Å²) >= 11 is 9.18. The Hall–Kier alpha value is -2.03. The van der Waals surface area contributed by atoms with Crippen molar-refractivity contribution in [2.45, 2.75) is 20.4 Å². The SMILES string of the molecule is Cc1cc(/C=C2\SC(=O)N(Cc3ccc(Cl)cc3)C2=O)c(C)n1-c1ccc(I)cc1. The van der Waals surface area contributed by atoms with Crippen molar-refractivity contribution in [2.75, 3.05) is 0 Å². The lowest BCUT2D eigenvalue weighted by Crippen LogP contribution is -2.27. The number of benzene rings is 2. The Morgan fingerprint density at radius 1 is 1.03 bits per heavy atom. The molecule has 1 aliphatic heterocycles. The first-order chi connectivity index (χ1) is 14.3. The molecule has 2 amide bonds. The quantitative estimate of drug-likeness (QED) is 0.273. The van der Waals surface area contributed by atoms with E-state index in [1.165, 1.54) is 8.47 Å². The van der Waals surface area contributed by atoms with Gasteiger partial charge in [0, 0.05) is 25.7 Å². The Balaban J connectivity index is 1.61. The van der Waals surface area contributed by atoms with Crippen molar-refractivity contribution in [2.24, 2.45) is 0 Å². The summed E-state index contributed by atoms with van der Waals surface area (Å²) in [5.41, 5.74) is 4.96. The molecule has 0 bridgehead atoms. The van der Waals surface area contributed by atoms with Gasteiger partial charge in [-0.15, -0.1) is 0 Å². The predicted octanol–water partition coefficient (Wildman–Crippen LogP) is 6.59. The first-order valence-electron chi connectivity index (χ1n) is 9.28. The number of hydrogen-bond acceptors (Lipinski definition) is 3. The van der Waals surface area contributed by atoms with Crippen LogP contribution in [0.5, 0.6) is 0 Å². The van der Waals surface area contributed by atoms with Gasteiger partial charge >= 0.3 is 0 Å². The molecule has 1 aromatic heterocycles. The summed E-state index contributed by atoms with van der Waals surface area (Å²) in [6, 6.07) is 17.5. The zero-order chi connectivity index (χ0) is 21.4. The van der Waals surface area contributed by atoms with Crippen molar-refractivity contribution >= 4 is 63.2 Å². The van der Waals surface area contributed by atoms with E-state index in [0.717, 1.165) is 40.0 Å². The molecule has 0 saturated carbocycles. The second-order valence-electron chi connectivity index (χ2n) is 7.03. The maximum atomic E-state index is 12.9. The van der Waals surface area contributed by atoms with Gasteiger partial charge in [0.15, 0.2) is 0 Å². The topological polar surface area (TPSA) is 42.3 Å². The molecule has 7 heteroatoms. The van der Waals surface area contributed by atoms with Crippen molar-refractivity contribution in [1.29, 1.82) is 0 Å². The largest absolute Gasteiger partial charge is 0.318 e. The van der Waals surface area contributed by atoms with Gasteiger partial charge in [-0.2, -0.15) is 0 Å². The van der Waals surface area contributed by atoms with E-state index in [-0.39, 0.29) is 17.7 Å². The molecule has 0 spiro atoms. The third kappa shape index (κ3) is 4.22. The molecule has 30 heavy (non-hydrogen) atoms. The maximum absolute atomic E-state index is 12.9. The molecule has 1 fully saturated rings. The zero-order valence-electron chi connectivity index (χ0n) is 16.4. The second-order valence-corrected chi connectivity index (χ2v) is 9.71. The molecule has 0 unspecified atom stereocenters. The van der Waals surface area contributed by atoms with Crippen LogP contribution in [0.25, 0.3) is 11.8 Å². The molecule has 1 aliphatic rings. The van der Waals surface area contributed by atoms with Crippen molar-refractivity contribution < 1.29 is 9.59 Å². The maximum Gasteiger partial charge on any atom is 0.293 e. The fraction of sp³-hybridized carbons (Fsp3) is 0.130. The zero-order valence-corrected chi connectivity index (χ0v) is 20.1. The summed E-state index contributed by atoms with van der Waals surface area (Å²) in [6.45, 7) is 4.30. The highest BCUT2D eigenvalue weighted by Gasteiger charge is 2.35. The molecule has 1 saturated heterocycles. The summed E-state index contributed by atoms with van der Waals surface area (Å²) in [5.74, 6) is -0.265. The third-order valence-corrected chi connectivity index (χ3v) is 6.85. The Kier molecular flexibility index (Phi) is 6.09. The summed E-state index contributed by atoms with van der Waals surface area (Å²) in [4.78, 5) is 27.1. The second kappa shape index (κ2) is 8.61. The number of aryl methyl sites for hydroxylation is 1. The van der Waals surface area contributed by atoms with Crippen LogP contribution >= 0.6 is 46.0 Å². The lowest BCUT2D eigenvalue weighted by Gasteiger charge is -2.12. The standard InChI is InChI=1S/C23H18ClIN2O2S/c1-14-11-17(15(2)27(14)20-9-7-19(25)8-10-20)12-21-22(28)26(23(29)30-21)13-16-3-5-18(24)6-4-16/h3-12H,13H2,1-2H3/b21-12-. The third-order valence-electron chi connectivity index (χ3n) is 4.97. The molecular weight excluding hydrogens is 531 g/mol. The van der Waals surface area contributed by atoms with Crippen LogP contribution in [0.4, 0.5) is 4.79 Å². The van der Waals surface area contributed by atoms with Crippen molar-refractivity contribution in [3.63, 3.8) is 0 Å². The van der Waals surface area contributed by atoms with Crippen LogP contribution in [0.3, 0.4) is 0 Å². The molecule has 0 N–H and O–H groups in total. The van der Waals surface area contributed by atoms with Gasteiger partial charge in [-0.25, -0.2) is 0 Å². The summed E-state index contributed by atoms with van der Waals surface area (Å²) in [6.07, 6.45) is 1.82. The van der Waals surface area contributed by atoms with Gasteiger partial charge in [-0.05, 0) is 108 Å². The van der Waals surface area contributed by atoms with Gasteiger partial charge in [0.25, 0.3) is 11.1 Å². The monoisotopic (exact) mass is 548 g/mol. The average Bonchev–Trinajstić information content (AvgIpc) is 3.14. The summed E-state index contributed by atoms with van der Waals surface area (Å²) < 4.78 is 3.33. The molecule has 0 aliphatic carbocycles. The van der Waals surface area contributed by atoms with E-state index in [0.29, 0.717) is 9.93 Å². The number of imide groups is 1. The van der Waals surface area contributed by atoms with Gasteiger partial charge in [0.05, 0.1) is 11.4 Å². The molecule has 3 aromatic rings. The number of carbonyl (C=O) groups excluding carboxylic acids is 2. The lowest BCUT2D eigenvalue weighted by atomic mass is 10.2. The van der Waals surface area contributed by atoms with Crippen molar-refractivity contribution in [1.82, 2.24) is 9.47 Å². The summed E-state index contributed by atoms with van der Waals surface area (Å²) in [5, 5.41) is 0.365. The number of rotatable bonds is 4. The predicted molar refractivity (Wildman–Crippen MR) is 131 cm³/mol. The van der Waals surface area contributed by atoms with E-state index >= 15 is 0 Å². The fourth-order valence-corrected chi connectivity index (χ4v) is 4.79. The number of hydrogen-bond donors (Lipinski definition) is 0. The van der Waals surface area contributed by atoms with E-state index in [9.17, 15) is 9.59 Å². The van der Waals surface area contributed by atoms with Crippen LogP contribution < -0.4 is 0 Å². The number of thioether (sulfide) groups is 1. The van der Waals surface area contributed by atoms with Gasteiger partial charge < -0.3 is 4.57 Å². The highest BCUT2D eigenvalue weighted by Crippen LogP contribution is 2.34. The van der Waals surface area contributed by atoms with Crippen LogP contribution in [0, 0.1) is 17.4 Å². The van der Waals surface area contributed by atoms with Crippen molar-refractivity contribution in [3.8, 4) is 5.69 Å². The van der Waals surface area contributed by atoms with Gasteiger partial charge in [-0.3, -0.25) is 14.5 Å². The van der Waals surface area contributed by atoms with E-state index in [4.69, 9.17) is 11.6 Å². The summed E-state index contributed by atoms with van der Waals surface area (Å²) in [7, 11) is 0. The van der Waals surface area contributed by atoms with Crippen LogP contribution in [0.1, 0.15) is 22.5 Å². The van der Waals surface area contributed by atoms with Crippen LogP contribution in [0.2, 0.25) is 5.02 Å². The number of halogens is 2. The average molecular weight is 549 g/mol. The first kappa shape index (κ1) is 21.2. The minimum atomic E-state index is -0.265. The minimum Gasteiger partial charge on any atom is -0.318 e. The van der Waals surface area contributed by atoms with E-state index in [2.05, 4.69) is 51.4 Å². The van der Waals surface area contributed by atoms with E-state index in [1.54, 1.807) is 12.1 Å². The molecule has 2 heterocycles. The highest BCUT2D eigenvalue weighted by atomic mass is 127. The Morgan fingerprint density at radius 3 is 2.37 bits per heavy atom. The first-order valence-corrected chi connectivity index (χ1v) is 11.6. The van der Waals surface area contributed by atoms with E-state index in [1.807, 2.05) is 38.1 Å². The normalized spacial score (nSPS) is 15.5. The van der Waals surface area contributed by atoms with Crippen LogP contribution in [-0.4, -0.2) is 20.6 Å². The van der Waals surface area contributed by atoms with Gasteiger partial charge in [0.2, 0.25) is 0 Å². The van der Waals surface area contributed by atoms with Crippen LogP contribution in [-0.2, 0) is 11.3 Å². The fourth-order valence-electron chi connectivity index (χ4n) is 3.47. The number of aromatic nitrogens is 1. The Bertz CT molecular complexity index is 1170.